The Balaban J connectivity index is 1.68. The van der Waals surface area contributed by atoms with Crippen LogP contribution in [0.5, 0.6) is 5.75 Å². The molecule has 1 aromatic heterocycles. The summed E-state index contributed by atoms with van der Waals surface area (Å²) in [5, 5.41) is 4.06. The Kier molecular flexibility index (Phi) is 6.09. The lowest BCUT2D eigenvalue weighted by Gasteiger charge is -2.26. The van der Waals surface area contributed by atoms with E-state index in [1.54, 1.807) is 36.3 Å². The van der Waals surface area contributed by atoms with Crippen LogP contribution < -0.4 is 4.74 Å². The first-order chi connectivity index (χ1) is 13.5. The van der Waals surface area contributed by atoms with Crippen LogP contribution in [0.1, 0.15) is 35.7 Å². The number of benzene rings is 2. The summed E-state index contributed by atoms with van der Waals surface area (Å²) in [5.41, 5.74) is 2.72. The lowest BCUT2D eigenvalue weighted by Crippen LogP contribution is -2.38. The highest BCUT2D eigenvalue weighted by molar-refractivity contribution is 5.94. The fourth-order valence-corrected chi connectivity index (χ4v) is 2.89. The maximum atomic E-state index is 12.9. The number of rotatable bonds is 7. The Hall–Kier alpha value is -3.15. The zero-order valence-electron chi connectivity index (χ0n) is 16.7. The molecule has 0 aliphatic carbocycles. The van der Waals surface area contributed by atoms with Crippen molar-refractivity contribution in [3.8, 4) is 17.1 Å². The number of methoxy groups -OCH3 is 1. The van der Waals surface area contributed by atoms with Gasteiger partial charge in [0.15, 0.2) is 0 Å². The third-order valence-corrected chi connectivity index (χ3v) is 4.57. The summed E-state index contributed by atoms with van der Waals surface area (Å²) in [6.45, 7) is 6.52. The Morgan fingerprint density at radius 2 is 1.79 bits per heavy atom. The number of amides is 1. The van der Waals surface area contributed by atoms with Gasteiger partial charge >= 0.3 is 0 Å². The molecule has 0 fully saturated rings. The summed E-state index contributed by atoms with van der Waals surface area (Å²) < 4.78 is 10.5. The van der Waals surface area contributed by atoms with Crippen molar-refractivity contribution in [3.63, 3.8) is 0 Å². The summed E-state index contributed by atoms with van der Waals surface area (Å²) in [6, 6.07) is 15.1. The molecule has 0 N–H and O–H groups in total. The zero-order chi connectivity index (χ0) is 20.1. The predicted molar refractivity (Wildman–Crippen MR) is 107 cm³/mol. The Bertz CT molecular complexity index is 915. The van der Waals surface area contributed by atoms with Gasteiger partial charge in [-0.3, -0.25) is 4.79 Å². The molecule has 6 heteroatoms. The van der Waals surface area contributed by atoms with E-state index in [1.165, 1.54) is 5.56 Å². The number of hydrogen-bond donors (Lipinski definition) is 0. The van der Waals surface area contributed by atoms with E-state index in [9.17, 15) is 4.79 Å². The maximum absolute atomic E-state index is 12.9. The molecule has 6 nitrogen and oxygen atoms in total. The molecule has 1 heterocycles. The summed E-state index contributed by atoms with van der Waals surface area (Å²) in [7, 11) is 1.60. The molecule has 0 atom stereocenters. The van der Waals surface area contributed by atoms with Gasteiger partial charge in [-0.05, 0) is 45.0 Å². The van der Waals surface area contributed by atoms with Crippen molar-refractivity contribution in [1.29, 1.82) is 0 Å². The van der Waals surface area contributed by atoms with Gasteiger partial charge in [0.05, 0.1) is 7.11 Å². The second-order valence-corrected chi connectivity index (χ2v) is 6.95. The van der Waals surface area contributed by atoms with E-state index < -0.39 is 0 Å². The average molecular weight is 379 g/mol. The van der Waals surface area contributed by atoms with E-state index in [-0.39, 0.29) is 11.9 Å². The third kappa shape index (κ3) is 4.57. The van der Waals surface area contributed by atoms with Gasteiger partial charge in [0.25, 0.3) is 5.91 Å². The number of nitrogens with zero attached hydrogens (tertiary/aromatic N) is 3. The average Bonchev–Trinajstić information content (AvgIpc) is 3.17. The molecule has 1 amide bonds. The molecule has 146 valence electrons. The van der Waals surface area contributed by atoms with Crippen molar-refractivity contribution in [2.24, 2.45) is 0 Å². The van der Waals surface area contributed by atoms with Crippen LogP contribution in [0.4, 0.5) is 0 Å². The molecule has 0 aliphatic rings. The maximum Gasteiger partial charge on any atom is 0.254 e. The number of carbonyl (C=O) groups excluding carboxylic acids is 1. The zero-order valence-corrected chi connectivity index (χ0v) is 16.7. The van der Waals surface area contributed by atoms with Crippen molar-refractivity contribution in [1.82, 2.24) is 15.0 Å². The molecule has 0 spiro atoms. The molecule has 0 saturated heterocycles. The fraction of sp³-hybridized carbons (Fsp3) is 0.318. The minimum absolute atomic E-state index is 0.0315. The second-order valence-electron chi connectivity index (χ2n) is 6.95. The van der Waals surface area contributed by atoms with Gasteiger partial charge in [0, 0.05) is 30.1 Å². The molecule has 0 bridgehead atoms. The smallest absolute Gasteiger partial charge is 0.254 e. The first kappa shape index (κ1) is 19.6. The van der Waals surface area contributed by atoms with Gasteiger partial charge in [-0.25, -0.2) is 0 Å². The van der Waals surface area contributed by atoms with E-state index >= 15 is 0 Å². The Morgan fingerprint density at radius 3 is 2.39 bits per heavy atom. The third-order valence-electron chi connectivity index (χ3n) is 4.57. The van der Waals surface area contributed by atoms with Gasteiger partial charge in [0.2, 0.25) is 11.7 Å². The van der Waals surface area contributed by atoms with Crippen LogP contribution in [0.15, 0.2) is 53.1 Å². The van der Waals surface area contributed by atoms with E-state index in [0.717, 1.165) is 11.3 Å². The fourth-order valence-electron chi connectivity index (χ4n) is 2.89. The van der Waals surface area contributed by atoms with Crippen LogP contribution in [0, 0.1) is 6.92 Å². The number of ether oxygens (including phenoxy) is 1. The van der Waals surface area contributed by atoms with Gasteiger partial charge in [-0.1, -0.05) is 35.0 Å². The summed E-state index contributed by atoms with van der Waals surface area (Å²) in [6.07, 6.45) is 0.499. The SMILES string of the molecule is COc1ccc(C(=O)N(CCc2nc(-c3ccc(C)cc3)no2)C(C)C)cc1. The van der Waals surface area contributed by atoms with E-state index in [2.05, 4.69) is 10.1 Å². The molecule has 0 radical (unpaired) electrons. The normalized spacial score (nSPS) is 10.9. The molecular weight excluding hydrogens is 354 g/mol. The largest absolute Gasteiger partial charge is 0.497 e. The van der Waals surface area contributed by atoms with E-state index in [4.69, 9.17) is 9.26 Å². The Morgan fingerprint density at radius 1 is 1.11 bits per heavy atom. The topological polar surface area (TPSA) is 68.5 Å². The standard InChI is InChI=1S/C22H25N3O3/c1-15(2)25(22(26)18-9-11-19(27-4)12-10-18)14-13-20-23-21(24-28-20)17-7-5-16(3)6-8-17/h5-12,15H,13-14H2,1-4H3. The first-order valence-corrected chi connectivity index (χ1v) is 9.32. The van der Waals surface area contributed by atoms with Crippen LogP contribution in [-0.4, -0.2) is 40.6 Å². The van der Waals surface area contributed by atoms with Crippen molar-refractivity contribution in [2.45, 2.75) is 33.2 Å². The van der Waals surface area contributed by atoms with E-state index in [0.29, 0.717) is 30.2 Å². The highest BCUT2D eigenvalue weighted by Crippen LogP contribution is 2.18. The lowest BCUT2D eigenvalue weighted by atomic mass is 10.1. The van der Waals surface area contributed by atoms with E-state index in [1.807, 2.05) is 45.0 Å². The first-order valence-electron chi connectivity index (χ1n) is 9.32. The molecule has 0 aliphatic heterocycles. The number of carbonyl (C=O) groups is 1. The van der Waals surface area contributed by atoms with Crippen molar-refractivity contribution >= 4 is 5.91 Å². The van der Waals surface area contributed by atoms with Gasteiger partial charge < -0.3 is 14.2 Å². The summed E-state index contributed by atoms with van der Waals surface area (Å²) in [5.74, 6) is 1.77. The van der Waals surface area contributed by atoms with Crippen LogP contribution in [-0.2, 0) is 6.42 Å². The monoisotopic (exact) mass is 379 g/mol. The predicted octanol–water partition coefficient (Wildman–Crippen LogP) is 4.15. The second kappa shape index (κ2) is 8.69. The van der Waals surface area contributed by atoms with Gasteiger partial charge in [-0.15, -0.1) is 0 Å². The highest BCUT2D eigenvalue weighted by Gasteiger charge is 2.20. The van der Waals surface area contributed by atoms with Crippen molar-refractivity contribution in [3.05, 3.63) is 65.5 Å². The minimum Gasteiger partial charge on any atom is -0.497 e. The molecule has 0 saturated carbocycles. The van der Waals surface area contributed by atoms with Crippen molar-refractivity contribution in [2.75, 3.05) is 13.7 Å². The quantitative estimate of drug-likeness (QED) is 0.617. The van der Waals surface area contributed by atoms with Gasteiger partial charge in [-0.2, -0.15) is 4.98 Å². The molecule has 28 heavy (non-hydrogen) atoms. The van der Waals surface area contributed by atoms with Crippen LogP contribution in [0.2, 0.25) is 0 Å². The molecule has 3 aromatic rings. The van der Waals surface area contributed by atoms with Crippen molar-refractivity contribution < 1.29 is 14.1 Å². The van der Waals surface area contributed by atoms with Crippen LogP contribution >= 0.6 is 0 Å². The molecule has 0 unspecified atom stereocenters. The minimum atomic E-state index is -0.0315. The molecular formula is C22H25N3O3. The van der Waals surface area contributed by atoms with Crippen LogP contribution in [0.25, 0.3) is 11.4 Å². The number of aromatic nitrogens is 2. The molecule has 3 rings (SSSR count). The molecule has 2 aromatic carbocycles. The Labute approximate surface area is 165 Å². The lowest BCUT2D eigenvalue weighted by molar-refractivity contribution is 0.0704. The number of hydrogen-bond acceptors (Lipinski definition) is 5. The summed E-state index contributed by atoms with van der Waals surface area (Å²) in [4.78, 5) is 19.2. The number of aryl methyl sites for hydroxylation is 1. The van der Waals surface area contributed by atoms with Gasteiger partial charge in [0.1, 0.15) is 5.75 Å². The summed E-state index contributed by atoms with van der Waals surface area (Å²) >= 11 is 0. The van der Waals surface area contributed by atoms with Crippen LogP contribution in [0.3, 0.4) is 0 Å². The highest BCUT2D eigenvalue weighted by atomic mass is 16.5.